The standard InChI is InChI=1S/C17H20BrN/c1-3-17(15-7-5-4-6-8-15)19-13(2)14-9-11-16(18)12-10-14/h4-13,17,19H,3H2,1-2H3. The molecule has 0 spiro atoms. The molecular weight excluding hydrogens is 298 g/mol. The Bertz CT molecular complexity index is 492. The van der Waals surface area contributed by atoms with E-state index < -0.39 is 0 Å². The quantitative estimate of drug-likeness (QED) is 0.794. The van der Waals surface area contributed by atoms with Gasteiger partial charge in [-0.15, -0.1) is 0 Å². The van der Waals surface area contributed by atoms with Gasteiger partial charge in [0.1, 0.15) is 0 Å². The van der Waals surface area contributed by atoms with Crippen LogP contribution >= 0.6 is 15.9 Å². The van der Waals surface area contributed by atoms with Crippen LogP contribution in [0.1, 0.15) is 43.5 Å². The van der Waals surface area contributed by atoms with Gasteiger partial charge in [-0.25, -0.2) is 0 Å². The van der Waals surface area contributed by atoms with E-state index in [1.165, 1.54) is 11.1 Å². The Morgan fingerprint density at radius 2 is 1.58 bits per heavy atom. The molecule has 0 aliphatic heterocycles. The van der Waals surface area contributed by atoms with Gasteiger partial charge < -0.3 is 5.32 Å². The van der Waals surface area contributed by atoms with Crippen LogP contribution in [0.3, 0.4) is 0 Å². The summed E-state index contributed by atoms with van der Waals surface area (Å²) in [5, 5.41) is 3.70. The Labute approximate surface area is 124 Å². The van der Waals surface area contributed by atoms with Crippen molar-refractivity contribution in [2.45, 2.75) is 32.4 Å². The van der Waals surface area contributed by atoms with Gasteiger partial charge in [0, 0.05) is 16.6 Å². The Morgan fingerprint density at radius 1 is 0.947 bits per heavy atom. The predicted molar refractivity (Wildman–Crippen MR) is 85.2 cm³/mol. The molecule has 100 valence electrons. The van der Waals surface area contributed by atoms with E-state index in [1.54, 1.807) is 0 Å². The van der Waals surface area contributed by atoms with Gasteiger partial charge in [-0.3, -0.25) is 0 Å². The van der Waals surface area contributed by atoms with E-state index in [1.807, 2.05) is 0 Å². The predicted octanol–water partition coefficient (Wildman–Crippen LogP) is 5.25. The maximum Gasteiger partial charge on any atom is 0.0323 e. The topological polar surface area (TPSA) is 12.0 Å². The summed E-state index contributed by atoms with van der Waals surface area (Å²) in [6.45, 7) is 4.44. The van der Waals surface area contributed by atoms with Crippen molar-refractivity contribution in [3.05, 3.63) is 70.2 Å². The van der Waals surface area contributed by atoms with Crippen molar-refractivity contribution in [3.8, 4) is 0 Å². The third kappa shape index (κ3) is 3.92. The van der Waals surface area contributed by atoms with Crippen molar-refractivity contribution in [2.24, 2.45) is 0 Å². The summed E-state index contributed by atoms with van der Waals surface area (Å²) in [5.41, 5.74) is 2.67. The van der Waals surface area contributed by atoms with Crippen molar-refractivity contribution in [3.63, 3.8) is 0 Å². The maximum atomic E-state index is 3.70. The minimum atomic E-state index is 0.346. The maximum absolute atomic E-state index is 3.70. The Hall–Kier alpha value is -1.12. The van der Waals surface area contributed by atoms with Gasteiger partial charge >= 0.3 is 0 Å². The summed E-state index contributed by atoms with van der Waals surface area (Å²) in [4.78, 5) is 0. The van der Waals surface area contributed by atoms with Crippen LogP contribution in [-0.4, -0.2) is 0 Å². The van der Waals surface area contributed by atoms with Crippen LogP contribution < -0.4 is 5.32 Å². The zero-order chi connectivity index (χ0) is 13.7. The first-order valence-corrected chi connectivity index (χ1v) is 7.56. The van der Waals surface area contributed by atoms with Crippen LogP contribution in [0.5, 0.6) is 0 Å². The molecule has 0 saturated carbocycles. The molecule has 19 heavy (non-hydrogen) atoms. The molecule has 0 aromatic heterocycles. The fourth-order valence-corrected chi connectivity index (χ4v) is 2.55. The number of benzene rings is 2. The number of halogens is 1. The summed E-state index contributed by atoms with van der Waals surface area (Å²) >= 11 is 3.48. The molecule has 2 aromatic rings. The van der Waals surface area contributed by atoms with Gasteiger partial charge in [0.2, 0.25) is 0 Å². The normalized spacial score (nSPS) is 14.1. The van der Waals surface area contributed by atoms with Gasteiger partial charge in [0.15, 0.2) is 0 Å². The molecule has 1 nitrogen and oxygen atoms in total. The molecule has 0 radical (unpaired) electrons. The molecule has 0 fully saturated rings. The highest BCUT2D eigenvalue weighted by atomic mass is 79.9. The second-order valence-corrected chi connectivity index (χ2v) is 5.73. The summed E-state index contributed by atoms with van der Waals surface area (Å²) < 4.78 is 1.12. The fraction of sp³-hybridized carbons (Fsp3) is 0.294. The largest absolute Gasteiger partial charge is 0.303 e. The summed E-state index contributed by atoms with van der Waals surface area (Å²) in [7, 11) is 0. The average Bonchev–Trinajstić information content (AvgIpc) is 2.46. The lowest BCUT2D eigenvalue weighted by Gasteiger charge is -2.23. The number of nitrogens with one attached hydrogen (secondary N) is 1. The summed E-state index contributed by atoms with van der Waals surface area (Å²) in [6, 6.07) is 19.9. The highest BCUT2D eigenvalue weighted by molar-refractivity contribution is 9.10. The van der Waals surface area contributed by atoms with Crippen molar-refractivity contribution in [2.75, 3.05) is 0 Å². The van der Waals surface area contributed by atoms with Crippen LogP contribution in [0.15, 0.2) is 59.1 Å². The first-order valence-electron chi connectivity index (χ1n) is 6.77. The van der Waals surface area contributed by atoms with E-state index in [0.29, 0.717) is 12.1 Å². The van der Waals surface area contributed by atoms with E-state index >= 15 is 0 Å². The minimum absolute atomic E-state index is 0.346. The molecular formula is C17H20BrN. The third-order valence-corrected chi connectivity index (χ3v) is 3.96. The minimum Gasteiger partial charge on any atom is -0.303 e. The zero-order valence-corrected chi connectivity index (χ0v) is 13.0. The average molecular weight is 318 g/mol. The van der Waals surface area contributed by atoms with Crippen LogP contribution in [0.25, 0.3) is 0 Å². The van der Waals surface area contributed by atoms with Crippen LogP contribution in [-0.2, 0) is 0 Å². The lowest BCUT2D eigenvalue weighted by Crippen LogP contribution is -2.24. The lowest BCUT2D eigenvalue weighted by atomic mass is 10.0. The van der Waals surface area contributed by atoms with E-state index in [4.69, 9.17) is 0 Å². The first kappa shape index (κ1) is 14.3. The first-order chi connectivity index (χ1) is 9.20. The smallest absolute Gasteiger partial charge is 0.0323 e. The Balaban J connectivity index is 2.08. The zero-order valence-electron chi connectivity index (χ0n) is 11.4. The van der Waals surface area contributed by atoms with Gasteiger partial charge in [-0.05, 0) is 36.6 Å². The second kappa shape index (κ2) is 6.88. The van der Waals surface area contributed by atoms with E-state index in [-0.39, 0.29) is 0 Å². The highest BCUT2D eigenvalue weighted by Crippen LogP contribution is 2.23. The van der Waals surface area contributed by atoms with E-state index in [0.717, 1.165) is 10.9 Å². The molecule has 2 aromatic carbocycles. The number of hydrogen-bond donors (Lipinski definition) is 1. The molecule has 0 aliphatic carbocycles. The van der Waals surface area contributed by atoms with Crippen molar-refractivity contribution >= 4 is 15.9 Å². The number of rotatable bonds is 5. The van der Waals surface area contributed by atoms with Gasteiger partial charge in [0.25, 0.3) is 0 Å². The molecule has 2 atom stereocenters. The molecule has 0 aliphatic rings. The molecule has 0 saturated heterocycles. The van der Waals surface area contributed by atoms with Crippen molar-refractivity contribution < 1.29 is 0 Å². The van der Waals surface area contributed by atoms with Gasteiger partial charge in [0.05, 0.1) is 0 Å². The summed E-state index contributed by atoms with van der Waals surface area (Å²) in [5.74, 6) is 0. The molecule has 0 bridgehead atoms. The molecule has 0 amide bonds. The molecule has 2 rings (SSSR count). The van der Waals surface area contributed by atoms with Gasteiger partial charge in [-0.2, -0.15) is 0 Å². The molecule has 0 heterocycles. The monoisotopic (exact) mass is 317 g/mol. The highest BCUT2D eigenvalue weighted by Gasteiger charge is 2.13. The van der Waals surface area contributed by atoms with Crippen molar-refractivity contribution in [1.29, 1.82) is 0 Å². The fourth-order valence-electron chi connectivity index (χ4n) is 2.28. The Morgan fingerprint density at radius 3 is 2.16 bits per heavy atom. The second-order valence-electron chi connectivity index (χ2n) is 4.81. The Kier molecular flexibility index (Phi) is 5.17. The molecule has 2 heteroatoms. The van der Waals surface area contributed by atoms with E-state index in [9.17, 15) is 0 Å². The van der Waals surface area contributed by atoms with E-state index in [2.05, 4.69) is 89.7 Å². The SMILES string of the molecule is CCC(NC(C)c1ccc(Br)cc1)c1ccccc1. The molecule has 1 N–H and O–H groups in total. The van der Waals surface area contributed by atoms with Crippen LogP contribution in [0.2, 0.25) is 0 Å². The summed E-state index contributed by atoms with van der Waals surface area (Å²) in [6.07, 6.45) is 1.09. The molecule has 2 unspecified atom stereocenters. The third-order valence-electron chi connectivity index (χ3n) is 3.43. The number of hydrogen-bond acceptors (Lipinski definition) is 1. The van der Waals surface area contributed by atoms with Gasteiger partial charge in [-0.1, -0.05) is 65.3 Å². The van der Waals surface area contributed by atoms with Crippen LogP contribution in [0.4, 0.5) is 0 Å². The lowest BCUT2D eigenvalue weighted by molar-refractivity contribution is 0.456. The van der Waals surface area contributed by atoms with Crippen molar-refractivity contribution in [1.82, 2.24) is 5.32 Å². The van der Waals surface area contributed by atoms with Crippen LogP contribution in [0, 0.1) is 0 Å².